The minimum absolute atomic E-state index is 0.102. The lowest BCUT2D eigenvalue weighted by atomic mass is 10.0. The molecule has 0 aliphatic heterocycles. The molecule has 4 N–H and O–H groups in total. The van der Waals surface area contributed by atoms with Gasteiger partial charge >= 0.3 is 5.97 Å². The third kappa shape index (κ3) is 18.8. The van der Waals surface area contributed by atoms with E-state index in [4.69, 9.17) is 9.66 Å². The third-order valence-corrected chi connectivity index (χ3v) is 7.74. The molecule has 0 aliphatic rings. The Balaban J connectivity index is 0.000000747. The van der Waals surface area contributed by atoms with Crippen LogP contribution in [0.15, 0.2) is 59.5 Å². The van der Waals surface area contributed by atoms with Crippen LogP contribution in [0.4, 0.5) is 5.69 Å². The van der Waals surface area contributed by atoms with Gasteiger partial charge in [0.2, 0.25) is 0 Å². The summed E-state index contributed by atoms with van der Waals surface area (Å²) in [7, 11) is -4.17. The Bertz CT molecular complexity index is 1010. The molecule has 0 bridgehead atoms. The lowest BCUT2D eigenvalue weighted by Gasteiger charge is -2.14. The Morgan fingerprint density at radius 2 is 1.30 bits per heavy atom. The number of carboxylic acids is 1. The lowest BCUT2D eigenvalue weighted by molar-refractivity contribution is 0.0697. The van der Waals surface area contributed by atoms with Gasteiger partial charge in [-0.2, -0.15) is 8.42 Å². The smallest absolute Gasteiger partial charge is 0.335 e. The van der Waals surface area contributed by atoms with Gasteiger partial charge in [0.05, 0.1) is 16.1 Å². The first-order valence-electron chi connectivity index (χ1n) is 15.1. The topological polar surface area (TPSA) is 116 Å². The zero-order chi connectivity index (χ0) is 29.5. The van der Waals surface area contributed by atoms with Gasteiger partial charge in [-0.1, -0.05) is 128 Å². The summed E-state index contributed by atoms with van der Waals surface area (Å²) in [5.41, 5.74) is 7.12. The molecule has 0 aliphatic carbocycles. The molecule has 2 rings (SSSR count). The first kappa shape index (κ1) is 35.6. The Labute approximate surface area is 242 Å². The van der Waals surface area contributed by atoms with E-state index in [0.29, 0.717) is 17.2 Å². The zero-order valence-corrected chi connectivity index (χ0v) is 25.4. The fourth-order valence-corrected chi connectivity index (χ4v) is 4.96. The first-order chi connectivity index (χ1) is 19.2. The van der Waals surface area contributed by atoms with Gasteiger partial charge < -0.3 is 10.5 Å². The third-order valence-electron chi connectivity index (χ3n) is 6.89. The molecule has 40 heavy (non-hydrogen) atoms. The molecule has 0 aromatic heterocycles. The predicted octanol–water partition coefficient (Wildman–Crippen LogP) is 8.74. The summed E-state index contributed by atoms with van der Waals surface area (Å²) in [4.78, 5) is 10.1. The fourth-order valence-electron chi connectivity index (χ4n) is 4.43. The lowest BCUT2D eigenvalue weighted by Crippen LogP contribution is -2.27. The van der Waals surface area contributed by atoms with Crippen LogP contribution in [0.5, 0.6) is 0 Å². The molecule has 0 spiro atoms. The summed E-state index contributed by atoms with van der Waals surface area (Å²) in [6, 6.07) is 14.5. The highest BCUT2D eigenvalue weighted by molar-refractivity contribution is 7.85. The molecule has 0 saturated heterocycles. The molecule has 1 unspecified atom stereocenters. The summed E-state index contributed by atoms with van der Waals surface area (Å²) in [5.74, 6) is -0.329. The van der Waals surface area contributed by atoms with Crippen LogP contribution < -0.4 is 10.9 Å². The molecule has 2 aromatic carbocycles. The molecule has 226 valence electrons. The van der Waals surface area contributed by atoms with Gasteiger partial charge in [-0.15, -0.1) is 0 Å². The maximum atomic E-state index is 11.2. The van der Waals surface area contributed by atoms with E-state index < -0.39 is 16.1 Å². The number of carboxylic acid groups (broad SMARTS) is 1. The van der Waals surface area contributed by atoms with E-state index in [1.54, 1.807) is 42.5 Å². The van der Waals surface area contributed by atoms with E-state index in [9.17, 15) is 13.2 Å². The highest BCUT2D eigenvalue weighted by atomic mass is 32.2. The maximum Gasteiger partial charge on any atom is 0.335 e. The molecule has 0 amide bonds. The second kappa shape index (κ2) is 22.3. The normalized spacial score (nSPS) is 11.9. The summed E-state index contributed by atoms with van der Waals surface area (Å²) in [6.45, 7) is 5.32. The Morgan fingerprint density at radius 1 is 0.775 bits per heavy atom. The van der Waals surface area contributed by atoms with Crippen molar-refractivity contribution in [2.24, 2.45) is 5.92 Å². The van der Waals surface area contributed by atoms with Gasteiger partial charge in [0, 0.05) is 6.54 Å². The Morgan fingerprint density at radius 3 is 1.77 bits per heavy atom. The minimum atomic E-state index is -4.17. The van der Waals surface area contributed by atoms with Crippen LogP contribution in [0.3, 0.4) is 0 Å². The van der Waals surface area contributed by atoms with Crippen molar-refractivity contribution in [1.82, 2.24) is 5.43 Å². The second-order valence-electron chi connectivity index (χ2n) is 10.7. The highest BCUT2D eigenvalue weighted by Gasteiger charge is 2.09. The summed E-state index contributed by atoms with van der Waals surface area (Å²) < 4.78 is 31.5. The van der Waals surface area contributed by atoms with E-state index >= 15 is 0 Å². The standard InChI is InChI=1S/C25H46N2O3S.C7H6O2/c1-3-4-5-6-7-8-9-10-11-12-13-14-15-16-18-23(2)22-26-27-24-19-17-20-25(21-24)31(28,29)30;8-7(9)6-4-2-1-3-5-6/h17,19-21,23,26-27H,3-16,18,22H2,1-2H3,(H,28,29,30);1-5H,(H,8,9). The largest absolute Gasteiger partial charge is 0.478 e. The Hall–Kier alpha value is -2.42. The highest BCUT2D eigenvalue weighted by Crippen LogP contribution is 2.16. The van der Waals surface area contributed by atoms with Gasteiger partial charge in [0.15, 0.2) is 0 Å². The number of unbranched alkanes of at least 4 members (excludes halogenated alkanes) is 13. The summed E-state index contributed by atoms with van der Waals surface area (Å²) >= 11 is 0. The van der Waals surface area contributed by atoms with Crippen LogP contribution in [0, 0.1) is 5.92 Å². The number of rotatable bonds is 21. The second-order valence-corrected chi connectivity index (χ2v) is 12.1. The maximum absolute atomic E-state index is 11.2. The number of anilines is 1. The number of carbonyl (C=O) groups is 1. The zero-order valence-electron chi connectivity index (χ0n) is 24.6. The molecule has 0 radical (unpaired) electrons. The van der Waals surface area contributed by atoms with E-state index in [-0.39, 0.29) is 4.90 Å². The van der Waals surface area contributed by atoms with Crippen LogP contribution in [-0.4, -0.2) is 30.6 Å². The average molecular weight is 577 g/mol. The number of aromatic carboxylic acids is 1. The molecule has 8 heteroatoms. The van der Waals surface area contributed by atoms with Crippen LogP contribution in [0.1, 0.15) is 121 Å². The van der Waals surface area contributed by atoms with Crippen LogP contribution >= 0.6 is 0 Å². The summed E-state index contributed by atoms with van der Waals surface area (Å²) in [5, 5.41) is 8.38. The van der Waals surface area contributed by atoms with Crippen molar-refractivity contribution in [3.63, 3.8) is 0 Å². The van der Waals surface area contributed by atoms with E-state index in [2.05, 4.69) is 24.7 Å². The SMILES string of the molecule is CCCCCCCCCCCCCCCCC(C)CNNc1cccc(S(=O)(=O)O)c1.O=C(O)c1ccccc1. The van der Waals surface area contributed by atoms with Crippen molar-refractivity contribution in [3.05, 3.63) is 60.2 Å². The van der Waals surface area contributed by atoms with Crippen LogP contribution in [0.25, 0.3) is 0 Å². The minimum Gasteiger partial charge on any atom is -0.478 e. The predicted molar refractivity (Wildman–Crippen MR) is 165 cm³/mol. The van der Waals surface area contributed by atoms with Crippen molar-refractivity contribution >= 4 is 21.8 Å². The number of nitrogens with one attached hydrogen (secondary N) is 2. The van der Waals surface area contributed by atoms with Gasteiger partial charge in [0.25, 0.3) is 10.1 Å². The van der Waals surface area contributed by atoms with Gasteiger partial charge in [0.1, 0.15) is 0 Å². The van der Waals surface area contributed by atoms with Crippen molar-refractivity contribution in [2.75, 3.05) is 12.0 Å². The van der Waals surface area contributed by atoms with Gasteiger partial charge in [-0.3, -0.25) is 4.55 Å². The summed E-state index contributed by atoms with van der Waals surface area (Å²) in [6.07, 6.45) is 20.6. The van der Waals surface area contributed by atoms with Crippen molar-refractivity contribution in [3.8, 4) is 0 Å². The number of hydrazine groups is 1. The Kier molecular flexibility index (Phi) is 19.8. The van der Waals surface area contributed by atoms with E-state index in [0.717, 1.165) is 6.54 Å². The molecule has 2 aromatic rings. The van der Waals surface area contributed by atoms with Crippen molar-refractivity contribution in [2.45, 2.75) is 115 Å². The van der Waals surface area contributed by atoms with Crippen LogP contribution in [0.2, 0.25) is 0 Å². The molecule has 0 fully saturated rings. The molecule has 0 heterocycles. The fraction of sp³-hybridized carbons (Fsp3) is 0.594. The quantitative estimate of drug-likeness (QED) is 0.0667. The van der Waals surface area contributed by atoms with E-state index in [1.165, 1.54) is 108 Å². The van der Waals surface area contributed by atoms with Crippen molar-refractivity contribution in [1.29, 1.82) is 0 Å². The van der Waals surface area contributed by atoms with Crippen molar-refractivity contribution < 1.29 is 22.9 Å². The van der Waals surface area contributed by atoms with Crippen LogP contribution in [-0.2, 0) is 10.1 Å². The first-order valence-corrected chi connectivity index (χ1v) is 16.5. The molecule has 0 saturated carbocycles. The number of hydrogen-bond donors (Lipinski definition) is 4. The molecule has 7 nitrogen and oxygen atoms in total. The van der Waals surface area contributed by atoms with Gasteiger partial charge in [-0.25, -0.2) is 10.2 Å². The van der Waals surface area contributed by atoms with Gasteiger partial charge in [-0.05, 0) is 42.7 Å². The molecular weight excluding hydrogens is 524 g/mol. The number of benzene rings is 2. The molecule has 1 atom stereocenters. The monoisotopic (exact) mass is 576 g/mol. The van der Waals surface area contributed by atoms with E-state index in [1.807, 2.05) is 0 Å². The number of hydrogen-bond acceptors (Lipinski definition) is 5. The molecular formula is C32H52N2O5S. The average Bonchev–Trinajstić information content (AvgIpc) is 2.94.